The van der Waals surface area contributed by atoms with Gasteiger partial charge in [-0.25, -0.2) is 8.78 Å². The summed E-state index contributed by atoms with van der Waals surface area (Å²) >= 11 is 0. The van der Waals surface area contributed by atoms with Gasteiger partial charge in [0.2, 0.25) is 5.56 Å². The number of aromatic amines is 1. The number of hydrogen-bond acceptors (Lipinski definition) is 3. The molecule has 3 aromatic rings. The van der Waals surface area contributed by atoms with Crippen molar-refractivity contribution >= 4 is 0 Å². The fourth-order valence-electron chi connectivity index (χ4n) is 6.41. The number of hydrogen-bond donors (Lipinski definition) is 1. The Kier molecular flexibility index (Phi) is 2.03. The lowest BCUT2D eigenvalue weighted by Gasteiger charge is -2.24. The summed E-state index contributed by atoms with van der Waals surface area (Å²) in [5.74, 6) is 0.261. The minimum atomic E-state index is -0.637. The predicted molar refractivity (Wildman–Crippen MR) is 92.1 cm³/mol. The molecule has 1 N–H and O–H groups in total. The van der Waals surface area contributed by atoms with Crippen molar-refractivity contribution in [2.75, 3.05) is 0 Å². The molecular formula is C21H13F2N3O. The van der Waals surface area contributed by atoms with Crippen molar-refractivity contribution in [3.8, 4) is 11.3 Å². The minimum Gasteiger partial charge on any atom is -0.325 e. The number of aryl methyl sites for hydroxylation is 1. The summed E-state index contributed by atoms with van der Waals surface area (Å²) in [6.07, 6.45) is 0. The first-order chi connectivity index (χ1) is 13.0. The van der Waals surface area contributed by atoms with Gasteiger partial charge in [-0.1, -0.05) is 6.07 Å². The highest BCUT2D eigenvalue weighted by Crippen LogP contribution is 3.15. The molecule has 3 unspecified atom stereocenters. The van der Waals surface area contributed by atoms with E-state index in [-0.39, 0.29) is 27.6 Å². The molecule has 0 saturated heterocycles. The fourth-order valence-corrected chi connectivity index (χ4v) is 6.41. The Morgan fingerprint density at radius 1 is 1.11 bits per heavy atom. The summed E-state index contributed by atoms with van der Waals surface area (Å²) < 4.78 is 28.3. The van der Waals surface area contributed by atoms with Crippen LogP contribution in [0.1, 0.15) is 28.4 Å². The summed E-state index contributed by atoms with van der Waals surface area (Å²) in [6, 6.07) is 9.20. The average molecular weight is 361 g/mol. The van der Waals surface area contributed by atoms with Gasteiger partial charge in [-0.3, -0.25) is 4.79 Å². The molecular weight excluding hydrogens is 348 g/mol. The van der Waals surface area contributed by atoms with Crippen LogP contribution >= 0.6 is 0 Å². The van der Waals surface area contributed by atoms with E-state index in [0.29, 0.717) is 17.8 Å². The molecule has 0 radical (unpaired) electrons. The van der Waals surface area contributed by atoms with E-state index >= 15 is 0 Å². The number of nitrogens with one attached hydrogen (secondary N) is 1. The predicted octanol–water partition coefficient (Wildman–Crippen LogP) is 3.06. The second-order valence-electron chi connectivity index (χ2n) is 8.29. The van der Waals surface area contributed by atoms with Gasteiger partial charge in [-0.05, 0) is 60.1 Å². The number of benzene rings is 1. The maximum Gasteiger partial charge on any atom is 0.248 e. The maximum absolute atomic E-state index is 14.2. The third kappa shape index (κ3) is 1.24. The van der Waals surface area contributed by atoms with Gasteiger partial charge in [0.1, 0.15) is 11.6 Å². The number of nitrogens with zero attached hydrogens (tertiary/aromatic N) is 2. The van der Waals surface area contributed by atoms with Crippen LogP contribution in [0.5, 0.6) is 0 Å². The van der Waals surface area contributed by atoms with E-state index in [1.165, 1.54) is 18.2 Å². The minimum absolute atomic E-state index is 0.109. The van der Waals surface area contributed by atoms with Crippen LogP contribution in [0.15, 0.2) is 41.2 Å². The quantitative estimate of drug-likeness (QED) is 0.763. The normalized spacial score (nSPS) is 35.3. The van der Waals surface area contributed by atoms with Crippen molar-refractivity contribution < 1.29 is 8.78 Å². The van der Waals surface area contributed by atoms with E-state index in [4.69, 9.17) is 0 Å². The van der Waals surface area contributed by atoms with Crippen LogP contribution in [-0.4, -0.2) is 15.2 Å². The van der Waals surface area contributed by atoms with E-state index in [1.54, 1.807) is 12.1 Å². The number of rotatable bonds is 2. The number of H-pyrrole nitrogens is 1. The van der Waals surface area contributed by atoms with Crippen LogP contribution < -0.4 is 5.56 Å². The molecule has 1 spiro atoms. The highest BCUT2D eigenvalue weighted by molar-refractivity contribution is 5.81. The molecule has 132 valence electrons. The molecule has 0 amide bonds. The zero-order chi connectivity index (χ0) is 18.3. The lowest BCUT2D eigenvalue weighted by molar-refractivity contribution is 0.530. The van der Waals surface area contributed by atoms with Crippen LogP contribution in [0.3, 0.4) is 0 Å². The smallest absolute Gasteiger partial charge is 0.248 e. The average Bonchev–Trinajstić information content (AvgIpc) is 3.53. The van der Waals surface area contributed by atoms with Gasteiger partial charge in [0.15, 0.2) is 0 Å². The fraction of sp³-hybridized carbons (Fsp3) is 0.286. The summed E-state index contributed by atoms with van der Waals surface area (Å²) in [6.45, 7) is 1.91. The van der Waals surface area contributed by atoms with E-state index in [9.17, 15) is 13.6 Å². The molecule has 1 aromatic carbocycles. The van der Waals surface area contributed by atoms with Crippen LogP contribution in [0.4, 0.5) is 8.78 Å². The third-order valence-corrected chi connectivity index (χ3v) is 7.31. The van der Waals surface area contributed by atoms with Gasteiger partial charge in [0, 0.05) is 17.2 Å². The lowest BCUT2D eigenvalue weighted by atomic mass is 9.82. The van der Waals surface area contributed by atoms with Crippen molar-refractivity contribution in [3.05, 3.63) is 80.9 Å². The second kappa shape index (κ2) is 3.86. The second-order valence-corrected chi connectivity index (χ2v) is 8.29. The Hall–Kier alpha value is -2.89. The standard InChI is InChI=1S/C21H13F2N3O/c1-8-5-13(24-14(27)6-8)20-18-17-16(21(17,18)20)9-7-12(25-26-19(9)20)15-10(22)3-2-4-11(15)23/h2-7,16-18H,1H3,(H,24,27)/t16-,17?,18?,20-,21?/m1/s1. The zero-order valence-electron chi connectivity index (χ0n) is 14.3. The Morgan fingerprint density at radius 2 is 1.89 bits per heavy atom. The number of halogens is 2. The molecule has 6 heteroatoms. The molecule has 3 saturated carbocycles. The first kappa shape index (κ1) is 14.2. The van der Waals surface area contributed by atoms with Gasteiger partial charge in [0.25, 0.3) is 0 Å². The number of aromatic nitrogens is 3. The highest BCUT2D eigenvalue weighted by Gasteiger charge is 3.14. The van der Waals surface area contributed by atoms with Gasteiger partial charge < -0.3 is 4.98 Å². The molecule has 5 atom stereocenters. The summed E-state index contributed by atoms with van der Waals surface area (Å²) in [4.78, 5) is 15.0. The van der Waals surface area contributed by atoms with Crippen LogP contribution in [0.2, 0.25) is 0 Å². The van der Waals surface area contributed by atoms with E-state index < -0.39 is 11.6 Å². The molecule has 7 rings (SSSR count). The van der Waals surface area contributed by atoms with Crippen molar-refractivity contribution in [3.63, 3.8) is 0 Å². The molecule has 2 heterocycles. The van der Waals surface area contributed by atoms with Gasteiger partial charge in [-0.2, -0.15) is 5.10 Å². The van der Waals surface area contributed by atoms with Crippen molar-refractivity contribution in [2.24, 2.45) is 17.3 Å². The first-order valence-electron chi connectivity index (χ1n) is 9.07. The number of fused-ring (bicyclic) bond motifs is 6. The zero-order valence-corrected chi connectivity index (χ0v) is 14.3. The SMILES string of the molecule is Cc1cc([C@]23c4nnc(-c5c(F)cccc5F)cc4[C@@H]4C5C2C543)[nH]c(=O)c1. The third-order valence-electron chi connectivity index (χ3n) is 7.31. The molecule has 0 aliphatic heterocycles. The van der Waals surface area contributed by atoms with Gasteiger partial charge in [-0.15, -0.1) is 5.10 Å². The van der Waals surface area contributed by atoms with Crippen molar-refractivity contribution in [1.29, 1.82) is 0 Å². The Morgan fingerprint density at radius 3 is 2.63 bits per heavy atom. The van der Waals surface area contributed by atoms with Crippen LogP contribution in [-0.2, 0) is 5.41 Å². The molecule has 4 aliphatic carbocycles. The Bertz CT molecular complexity index is 1260. The summed E-state index contributed by atoms with van der Waals surface area (Å²) in [7, 11) is 0. The summed E-state index contributed by atoms with van der Waals surface area (Å²) in [5, 5.41) is 8.61. The van der Waals surface area contributed by atoms with Crippen molar-refractivity contribution in [2.45, 2.75) is 18.3 Å². The lowest BCUT2D eigenvalue weighted by Crippen LogP contribution is -2.27. The first-order valence-corrected chi connectivity index (χ1v) is 9.07. The van der Waals surface area contributed by atoms with Crippen LogP contribution in [0, 0.1) is 35.8 Å². The van der Waals surface area contributed by atoms with E-state index in [1.807, 2.05) is 13.0 Å². The molecule has 0 bridgehead atoms. The van der Waals surface area contributed by atoms with Crippen LogP contribution in [0.25, 0.3) is 11.3 Å². The molecule has 4 aliphatic rings. The van der Waals surface area contributed by atoms with E-state index in [2.05, 4.69) is 15.2 Å². The highest BCUT2D eigenvalue weighted by atomic mass is 19.1. The Balaban J connectivity index is 1.43. The molecule has 3 fully saturated rings. The summed E-state index contributed by atoms with van der Waals surface area (Å²) in [5.41, 5.74) is 3.67. The van der Waals surface area contributed by atoms with E-state index in [0.717, 1.165) is 22.5 Å². The topological polar surface area (TPSA) is 58.6 Å². The molecule has 27 heavy (non-hydrogen) atoms. The van der Waals surface area contributed by atoms with Gasteiger partial charge in [0.05, 0.1) is 22.4 Å². The number of pyridine rings is 1. The van der Waals surface area contributed by atoms with Gasteiger partial charge >= 0.3 is 0 Å². The molecule has 2 aromatic heterocycles. The maximum atomic E-state index is 14.2. The molecule has 4 nitrogen and oxygen atoms in total. The van der Waals surface area contributed by atoms with Crippen molar-refractivity contribution in [1.82, 2.24) is 15.2 Å². The Labute approximate surface area is 152 Å². The largest absolute Gasteiger partial charge is 0.325 e. The monoisotopic (exact) mass is 361 g/mol.